The highest BCUT2D eigenvalue weighted by Crippen LogP contribution is 2.27. The van der Waals surface area contributed by atoms with Gasteiger partial charge in [-0.3, -0.25) is 19.8 Å². The normalized spacial score (nSPS) is 15.8. The number of thioether (sulfide) groups is 1. The molecule has 0 saturated carbocycles. The summed E-state index contributed by atoms with van der Waals surface area (Å²) in [6.45, 7) is 6.24. The molecule has 0 unspecified atom stereocenters. The first-order chi connectivity index (χ1) is 12.9. The Kier molecular flexibility index (Phi) is 5.60. The summed E-state index contributed by atoms with van der Waals surface area (Å²) >= 11 is 1.56. The van der Waals surface area contributed by atoms with Gasteiger partial charge in [0.15, 0.2) is 5.17 Å². The highest BCUT2D eigenvalue weighted by Gasteiger charge is 2.26. The molecule has 0 bridgehead atoms. The lowest BCUT2D eigenvalue weighted by atomic mass is 10.1. The van der Waals surface area contributed by atoms with Crippen LogP contribution in [0, 0.1) is 30.9 Å². The van der Waals surface area contributed by atoms with Gasteiger partial charge in [0, 0.05) is 29.5 Å². The van der Waals surface area contributed by atoms with Crippen molar-refractivity contribution >= 4 is 34.2 Å². The molecule has 7 heteroatoms. The van der Waals surface area contributed by atoms with E-state index in [4.69, 9.17) is 4.99 Å². The molecule has 0 spiro atoms. The molecule has 0 aromatic heterocycles. The molecule has 1 aliphatic heterocycles. The van der Waals surface area contributed by atoms with Gasteiger partial charge in [-0.1, -0.05) is 23.9 Å². The van der Waals surface area contributed by atoms with E-state index in [0.29, 0.717) is 22.8 Å². The molecule has 1 aliphatic rings. The largest absolute Gasteiger partial charge is 0.287 e. The molecule has 1 fully saturated rings. The number of aliphatic imine (C=N–C) groups is 1. The molecule has 0 atom stereocenters. The Morgan fingerprint density at radius 3 is 2.63 bits per heavy atom. The minimum absolute atomic E-state index is 0.0174. The van der Waals surface area contributed by atoms with E-state index in [1.807, 2.05) is 32.0 Å². The highest BCUT2D eigenvalue weighted by atomic mass is 32.2. The quantitative estimate of drug-likeness (QED) is 0.564. The van der Waals surface area contributed by atoms with Crippen LogP contribution in [0.3, 0.4) is 0 Å². The van der Waals surface area contributed by atoms with E-state index in [0.717, 1.165) is 29.0 Å². The minimum Gasteiger partial charge on any atom is -0.287 e. The second-order valence-electron chi connectivity index (χ2n) is 6.60. The molecule has 1 heterocycles. The van der Waals surface area contributed by atoms with E-state index in [1.165, 1.54) is 12.1 Å². The standard InChI is InChI=1S/C20H21N3O3S/c1-13-5-6-14(2)17(11-13)21-20-22(9-4-10-27-20)19(24)16-7-8-18(23(25)26)15(3)12-16/h5-8,11-12H,4,9-10H2,1-3H3. The summed E-state index contributed by atoms with van der Waals surface area (Å²) in [6.07, 6.45) is 0.883. The number of nitro groups is 1. The van der Waals surface area contributed by atoms with E-state index in [2.05, 4.69) is 0 Å². The Hall–Kier alpha value is -2.67. The molecule has 0 N–H and O–H groups in total. The smallest absolute Gasteiger partial charge is 0.272 e. The monoisotopic (exact) mass is 383 g/mol. The van der Waals surface area contributed by atoms with E-state index < -0.39 is 4.92 Å². The molecule has 2 aromatic rings. The number of benzene rings is 2. The molecule has 27 heavy (non-hydrogen) atoms. The Bertz CT molecular complexity index is 940. The van der Waals surface area contributed by atoms with Gasteiger partial charge >= 0.3 is 0 Å². The average molecular weight is 383 g/mol. The van der Waals surface area contributed by atoms with Crippen LogP contribution in [0.1, 0.15) is 33.5 Å². The van der Waals surface area contributed by atoms with Gasteiger partial charge in [-0.2, -0.15) is 0 Å². The van der Waals surface area contributed by atoms with Gasteiger partial charge < -0.3 is 0 Å². The van der Waals surface area contributed by atoms with Crippen molar-refractivity contribution in [3.63, 3.8) is 0 Å². The maximum Gasteiger partial charge on any atom is 0.272 e. The van der Waals surface area contributed by atoms with Gasteiger partial charge in [0.25, 0.3) is 11.6 Å². The number of carbonyl (C=O) groups excluding carboxylic acids is 1. The van der Waals surface area contributed by atoms with Crippen molar-refractivity contribution in [3.05, 3.63) is 68.8 Å². The third-order valence-corrected chi connectivity index (χ3v) is 5.52. The Labute approximate surface area is 162 Å². The first-order valence-corrected chi connectivity index (χ1v) is 9.71. The van der Waals surface area contributed by atoms with Crippen molar-refractivity contribution < 1.29 is 9.72 Å². The van der Waals surface area contributed by atoms with Crippen LogP contribution in [0.5, 0.6) is 0 Å². The van der Waals surface area contributed by atoms with Crippen LogP contribution < -0.4 is 0 Å². The first kappa shape index (κ1) is 19.1. The number of amides is 1. The number of amidine groups is 1. The van der Waals surface area contributed by atoms with Crippen molar-refractivity contribution in [2.75, 3.05) is 12.3 Å². The fourth-order valence-electron chi connectivity index (χ4n) is 2.93. The number of nitrogens with zero attached hydrogens (tertiary/aromatic N) is 3. The lowest BCUT2D eigenvalue weighted by Gasteiger charge is -2.28. The van der Waals surface area contributed by atoms with Crippen LogP contribution in [0.15, 0.2) is 41.4 Å². The van der Waals surface area contributed by atoms with Crippen LogP contribution in [-0.4, -0.2) is 33.2 Å². The van der Waals surface area contributed by atoms with E-state index in [9.17, 15) is 14.9 Å². The fraction of sp³-hybridized carbons (Fsp3) is 0.300. The molecule has 0 aliphatic carbocycles. The second kappa shape index (κ2) is 7.92. The van der Waals surface area contributed by atoms with Crippen LogP contribution in [0.2, 0.25) is 0 Å². The van der Waals surface area contributed by atoms with Gasteiger partial charge in [0.1, 0.15) is 0 Å². The third-order valence-electron chi connectivity index (χ3n) is 4.45. The minimum atomic E-state index is -0.437. The number of hydrogen-bond donors (Lipinski definition) is 0. The average Bonchev–Trinajstić information content (AvgIpc) is 2.64. The number of aryl methyl sites for hydroxylation is 3. The molecule has 1 amide bonds. The summed E-state index contributed by atoms with van der Waals surface area (Å²) < 4.78 is 0. The topological polar surface area (TPSA) is 75.8 Å². The highest BCUT2D eigenvalue weighted by molar-refractivity contribution is 8.13. The van der Waals surface area contributed by atoms with Gasteiger partial charge in [0.05, 0.1) is 10.6 Å². The van der Waals surface area contributed by atoms with Gasteiger partial charge in [-0.15, -0.1) is 0 Å². The predicted octanol–water partition coefficient (Wildman–Crippen LogP) is 4.79. The number of rotatable bonds is 3. The summed E-state index contributed by atoms with van der Waals surface area (Å²) in [5.41, 5.74) is 3.96. The number of hydrogen-bond acceptors (Lipinski definition) is 5. The van der Waals surface area contributed by atoms with Crippen molar-refractivity contribution in [1.29, 1.82) is 0 Å². The van der Waals surface area contributed by atoms with Crippen LogP contribution in [0.4, 0.5) is 11.4 Å². The SMILES string of the molecule is Cc1ccc(C)c(N=C2SCCCN2C(=O)c2ccc([N+](=O)[O-])c(C)c2)c1. The zero-order valence-electron chi connectivity index (χ0n) is 15.6. The predicted molar refractivity (Wildman–Crippen MR) is 109 cm³/mol. The molecular weight excluding hydrogens is 362 g/mol. The van der Waals surface area contributed by atoms with Crippen molar-refractivity contribution in [2.45, 2.75) is 27.2 Å². The second-order valence-corrected chi connectivity index (χ2v) is 7.66. The molecule has 0 radical (unpaired) electrons. The van der Waals surface area contributed by atoms with E-state index >= 15 is 0 Å². The summed E-state index contributed by atoms with van der Waals surface area (Å²) in [7, 11) is 0. The van der Waals surface area contributed by atoms with Crippen molar-refractivity contribution in [2.24, 2.45) is 4.99 Å². The Balaban J connectivity index is 1.94. The summed E-state index contributed by atoms with van der Waals surface area (Å²) in [5, 5.41) is 11.7. The lowest BCUT2D eigenvalue weighted by molar-refractivity contribution is -0.385. The fourth-order valence-corrected chi connectivity index (χ4v) is 3.88. The lowest BCUT2D eigenvalue weighted by Crippen LogP contribution is -2.39. The molecule has 1 saturated heterocycles. The van der Waals surface area contributed by atoms with Crippen LogP contribution in [0.25, 0.3) is 0 Å². The summed E-state index contributed by atoms with van der Waals surface area (Å²) in [6, 6.07) is 10.6. The zero-order valence-corrected chi connectivity index (χ0v) is 16.4. The Morgan fingerprint density at radius 2 is 1.93 bits per heavy atom. The van der Waals surface area contributed by atoms with Gasteiger partial charge in [0.2, 0.25) is 0 Å². The molecule has 2 aromatic carbocycles. The maximum atomic E-state index is 13.0. The Morgan fingerprint density at radius 1 is 1.15 bits per heavy atom. The maximum absolute atomic E-state index is 13.0. The summed E-state index contributed by atoms with van der Waals surface area (Å²) in [4.78, 5) is 30.0. The number of nitro benzene ring substituents is 1. The molecular formula is C20H21N3O3S. The van der Waals surface area contributed by atoms with Crippen LogP contribution >= 0.6 is 11.8 Å². The summed E-state index contributed by atoms with van der Waals surface area (Å²) in [5.74, 6) is 0.733. The van der Waals surface area contributed by atoms with Gasteiger partial charge in [-0.25, -0.2) is 4.99 Å². The molecule has 140 valence electrons. The third kappa shape index (κ3) is 4.19. The number of carbonyl (C=O) groups is 1. The zero-order chi connectivity index (χ0) is 19.6. The van der Waals surface area contributed by atoms with Crippen molar-refractivity contribution in [3.8, 4) is 0 Å². The first-order valence-electron chi connectivity index (χ1n) is 8.72. The molecule has 6 nitrogen and oxygen atoms in total. The van der Waals surface area contributed by atoms with E-state index in [-0.39, 0.29) is 11.6 Å². The molecule has 3 rings (SSSR count). The van der Waals surface area contributed by atoms with Crippen molar-refractivity contribution in [1.82, 2.24) is 4.90 Å². The van der Waals surface area contributed by atoms with E-state index in [1.54, 1.807) is 29.7 Å². The van der Waals surface area contributed by atoms with Gasteiger partial charge in [-0.05, 0) is 56.5 Å². The van der Waals surface area contributed by atoms with Crippen LogP contribution in [-0.2, 0) is 0 Å².